The Morgan fingerprint density at radius 1 is 1.19 bits per heavy atom. The van der Waals surface area contributed by atoms with E-state index in [1.165, 1.54) is 0 Å². The van der Waals surface area contributed by atoms with Crippen molar-refractivity contribution >= 4 is 11.6 Å². The van der Waals surface area contributed by atoms with E-state index in [0.29, 0.717) is 41.8 Å². The van der Waals surface area contributed by atoms with Gasteiger partial charge in [-0.05, 0) is 19.1 Å². The minimum atomic E-state index is 0.162. The van der Waals surface area contributed by atoms with Crippen LogP contribution in [-0.2, 0) is 4.74 Å². The van der Waals surface area contributed by atoms with E-state index in [0.717, 1.165) is 13.1 Å². The van der Waals surface area contributed by atoms with Crippen LogP contribution in [0.25, 0.3) is 11.3 Å². The number of benzene rings is 1. The van der Waals surface area contributed by atoms with Gasteiger partial charge in [0.2, 0.25) is 5.95 Å². The number of aromatic hydroxyl groups is 1. The summed E-state index contributed by atoms with van der Waals surface area (Å²) in [5.41, 5.74) is 8.50. The van der Waals surface area contributed by atoms with Gasteiger partial charge in [-0.3, -0.25) is 0 Å². The highest BCUT2D eigenvalue weighted by molar-refractivity contribution is 5.78. The zero-order valence-electron chi connectivity index (χ0n) is 11.9. The molecule has 0 atom stereocenters. The van der Waals surface area contributed by atoms with E-state index in [9.17, 15) is 5.11 Å². The van der Waals surface area contributed by atoms with E-state index in [1.807, 2.05) is 13.0 Å². The minimum absolute atomic E-state index is 0.162. The van der Waals surface area contributed by atoms with Gasteiger partial charge in [0.05, 0.1) is 24.6 Å². The fraction of sp³-hybridized carbons (Fsp3) is 0.333. The lowest BCUT2D eigenvalue weighted by molar-refractivity contribution is 0.122. The number of rotatable bonds is 2. The number of hydrogen-bond donors (Lipinski definition) is 2. The average molecular weight is 286 g/mol. The van der Waals surface area contributed by atoms with Crippen LogP contribution in [0.15, 0.2) is 24.3 Å². The van der Waals surface area contributed by atoms with Gasteiger partial charge in [0.15, 0.2) is 0 Å². The molecule has 6 heteroatoms. The van der Waals surface area contributed by atoms with Crippen LogP contribution in [0.3, 0.4) is 0 Å². The highest BCUT2D eigenvalue weighted by Crippen LogP contribution is 2.33. The van der Waals surface area contributed by atoms with Gasteiger partial charge in [0, 0.05) is 18.7 Å². The van der Waals surface area contributed by atoms with Crippen LogP contribution in [0.2, 0.25) is 0 Å². The summed E-state index contributed by atoms with van der Waals surface area (Å²) in [6.45, 7) is 4.69. The van der Waals surface area contributed by atoms with Crippen LogP contribution < -0.4 is 10.6 Å². The molecule has 0 unspecified atom stereocenters. The van der Waals surface area contributed by atoms with Crippen molar-refractivity contribution < 1.29 is 9.84 Å². The third-order valence-electron chi connectivity index (χ3n) is 3.58. The van der Waals surface area contributed by atoms with Crippen molar-refractivity contribution in [1.29, 1.82) is 0 Å². The summed E-state index contributed by atoms with van der Waals surface area (Å²) in [5.74, 6) is 0.790. The van der Waals surface area contributed by atoms with Crippen LogP contribution in [0.1, 0.15) is 5.69 Å². The SMILES string of the molecule is Cc1nc(N2CCOCC2)nc(-c2ccccc2O)c1N. The van der Waals surface area contributed by atoms with Gasteiger partial charge < -0.3 is 20.5 Å². The smallest absolute Gasteiger partial charge is 0.226 e. The van der Waals surface area contributed by atoms with Crippen molar-refractivity contribution in [1.82, 2.24) is 9.97 Å². The van der Waals surface area contributed by atoms with Gasteiger partial charge in [-0.1, -0.05) is 12.1 Å². The maximum atomic E-state index is 10.0. The Balaban J connectivity index is 2.08. The summed E-state index contributed by atoms with van der Waals surface area (Å²) in [6, 6.07) is 7.05. The van der Waals surface area contributed by atoms with Gasteiger partial charge in [-0.25, -0.2) is 9.97 Å². The second-order valence-corrected chi connectivity index (χ2v) is 4.99. The van der Waals surface area contributed by atoms with Crippen molar-refractivity contribution in [3.8, 4) is 17.0 Å². The fourth-order valence-electron chi connectivity index (χ4n) is 2.35. The first kappa shape index (κ1) is 13.6. The average Bonchev–Trinajstić information content (AvgIpc) is 2.51. The summed E-state index contributed by atoms with van der Waals surface area (Å²) in [5, 5.41) is 10.0. The first-order valence-electron chi connectivity index (χ1n) is 6.92. The molecular formula is C15H18N4O2. The number of morpholine rings is 1. The van der Waals surface area contributed by atoms with Crippen LogP contribution in [0.4, 0.5) is 11.6 Å². The number of aryl methyl sites for hydroxylation is 1. The molecular weight excluding hydrogens is 268 g/mol. The predicted molar refractivity (Wildman–Crippen MR) is 81.3 cm³/mol. The topological polar surface area (TPSA) is 84.5 Å². The molecule has 1 aromatic carbocycles. The van der Waals surface area contributed by atoms with Crippen molar-refractivity contribution in [2.75, 3.05) is 36.9 Å². The third kappa shape index (κ3) is 2.62. The first-order chi connectivity index (χ1) is 10.2. The summed E-state index contributed by atoms with van der Waals surface area (Å²) >= 11 is 0. The summed E-state index contributed by atoms with van der Waals surface area (Å²) in [7, 11) is 0. The van der Waals surface area contributed by atoms with Gasteiger partial charge in [0.25, 0.3) is 0 Å². The first-order valence-corrected chi connectivity index (χ1v) is 6.92. The number of phenolic OH excluding ortho intramolecular Hbond substituents is 1. The molecule has 0 aliphatic carbocycles. The van der Waals surface area contributed by atoms with E-state index >= 15 is 0 Å². The number of nitrogens with two attached hydrogens (primary N) is 1. The number of aromatic nitrogens is 2. The molecule has 0 radical (unpaired) electrons. The van der Waals surface area contributed by atoms with Gasteiger partial charge in [0.1, 0.15) is 11.4 Å². The van der Waals surface area contributed by atoms with Crippen molar-refractivity contribution in [3.63, 3.8) is 0 Å². The second-order valence-electron chi connectivity index (χ2n) is 4.99. The van der Waals surface area contributed by atoms with Crippen LogP contribution in [0, 0.1) is 6.92 Å². The number of nitrogen functional groups attached to an aromatic ring is 1. The molecule has 0 saturated carbocycles. The number of ether oxygens (including phenoxy) is 1. The molecule has 3 rings (SSSR count). The summed E-state index contributed by atoms with van der Waals surface area (Å²) < 4.78 is 5.35. The molecule has 1 aliphatic heterocycles. The lowest BCUT2D eigenvalue weighted by Gasteiger charge is -2.27. The standard InChI is InChI=1S/C15H18N4O2/c1-10-13(16)14(11-4-2-3-5-12(11)20)18-15(17-10)19-6-8-21-9-7-19/h2-5,20H,6-9,16H2,1H3. The molecule has 1 saturated heterocycles. The van der Waals surface area contributed by atoms with Crippen LogP contribution >= 0.6 is 0 Å². The Bertz CT molecular complexity index is 654. The Morgan fingerprint density at radius 3 is 2.62 bits per heavy atom. The summed E-state index contributed by atoms with van der Waals surface area (Å²) in [6.07, 6.45) is 0. The van der Waals surface area contributed by atoms with E-state index < -0.39 is 0 Å². The molecule has 6 nitrogen and oxygen atoms in total. The Labute approximate surface area is 123 Å². The molecule has 0 amide bonds. The monoisotopic (exact) mass is 286 g/mol. The molecule has 1 fully saturated rings. The van der Waals surface area contributed by atoms with Crippen molar-refractivity contribution in [2.24, 2.45) is 0 Å². The molecule has 2 aromatic rings. The molecule has 1 aromatic heterocycles. The fourth-order valence-corrected chi connectivity index (χ4v) is 2.35. The van der Waals surface area contributed by atoms with E-state index in [1.54, 1.807) is 18.2 Å². The number of para-hydroxylation sites is 1. The van der Waals surface area contributed by atoms with Crippen LogP contribution in [-0.4, -0.2) is 41.4 Å². The lowest BCUT2D eigenvalue weighted by Crippen LogP contribution is -2.37. The zero-order valence-corrected chi connectivity index (χ0v) is 11.9. The Kier molecular flexibility index (Phi) is 3.62. The number of anilines is 2. The highest BCUT2D eigenvalue weighted by atomic mass is 16.5. The molecule has 2 heterocycles. The molecule has 0 spiro atoms. The molecule has 3 N–H and O–H groups in total. The zero-order chi connectivity index (χ0) is 14.8. The second kappa shape index (κ2) is 5.57. The maximum Gasteiger partial charge on any atom is 0.226 e. The third-order valence-corrected chi connectivity index (χ3v) is 3.58. The van der Waals surface area contributed by atoms with E-state index in [-0.39, 0.29) is 5.75 Å². The maximum absolute atomic E-state index is 10.0. The van der Waals surface area contributed by atoms with Gasteiger partial charge in [-0.15, -0.1) is 0 Å². The van der Waals surface area contributed by atoms with Crippen molar-refractivity contribution in [3.05, 3.63) is 30.0 Å². The minimum Gasteiger partial charge on any atom is -0.507 e. The Hall–Kier alpha value is -2.34. The highest BCUT2D eigenvalue weighted by Gasteiger charge is 2.19. The number of nitrogens with zero attached hydrogens (tertiary/aromatic N) is 3. The quantitative estimate of drug-likeness (QED) is 0.872. The van der Waals surface area contributed by atoms with Gasteiger partial charge >= 0.3 is 0 Å². The Morgan fingerprint density at radius 2 is 1.90 bits per heavy atom. The molecule has 0 bridgehead atoms. The molecule has 21 heavy (non-hydrogen) atoms. The van der Waals surface area contributed by atoms with Gasteiger partial charge in [-0.2, -0.15) is 0 Å². The predicted octanol–water partition coefficient (Wildman–Crippen LogP) is 1.58. The molecule has 1 aliphatic rings. The number of phenols is 1. The summed E-state index contributed by atoms with van der Waals surface area (Å²) in [4.78, 5) is 11.1. The van der Waals surface area contributed by atoms with Crippen LogP contribution in [0.5, 0.6) is 5.75 Å². The van der Waals surface area contributed by atoms with E-state index in [2.05, 4.69) is 14.9 Å². The molecule has 110 valence electrons. The largest absolute Gasteiger partial charge is 0.507 e. The lowest BCUT2D eigenvalue weighted by atomic mass is 10.1. The van der Waals surface area contributed by atoms with Crippen molar-refractivity contribution in [2.45, 2.75) is 6.92 Å². The van der Waals surface area contributed by atoms with E-state index in [4.69, 9.17) is 10.5 Å². The normalized spacial score (nSPS) is 15.2. The number of hydrogen-bond acceptors (Lipinski definition) is 6.